The Morgan fingerprint density at radius 3 is 0.786 bits per heavy atom. The predicted molar refractivity (Wildman–Crippen MR) is 65.3 cm³/mol. The normalized spacial score (nSPS) is 6.43. The molecule has 0 aliphatic rings. The molecule has 0 fully saturated rings. The molecular formula is C6H16AlCl3NaO3. The second-order valence-electron chi connectivity index (χ2n) is 1.19. The molecule has 0 amide bonds. The Bertz CT molecular complexity index is 43.8. The second kappa shape index (κ2) is 45.4. The topological polar surface area (TPSA) is 27.7 Å². The predicted octanol–water partition coefficient (Wildman–Crippen LogP) is 2.50. The Morgan fingerprint density at radius 2 is 0.786 bits per heavy atom. The van der Waals surface area contributed by atoms with Crippen LogP contribution in [0.5, 0.6) is 0 Å². The van der Waals surface area contributed by atoms with Crippen molar-refractivity contribution in [3.05, 3.63) is 0 Å². The van der Waals surface area contributed by atoms with E-state index in [4.69, 9.17) is 0 Å². The van der Waals surface area contributed by atoms with Crippen molar-refractivity contribution in [2.75, 3.05) is 19.8 Å². The molecule has 0 bridgehead atoms. The van der Waals surface area contributed by atoms with Crippen molar-refractivity contribution < 1.29 is 12.9 Å². The van der Waals surface area contributed by atoms with Gasteiger partial charge in [0.25, 0.3) is 0 Å². The van der Waals surface area contributed by atoms with E-state index in [-0.39, 0.29) is 46.9 Å². The molecule has 8 heteroatoms. The Balaban J connectivity index is -0.0000000270. The molecule has 0 aliphatic heterocycles. The molecule has 0 atom stereocenters. The first kappa shape index (κ1) is 29.9. The van der Waals surface area contributed by atoms with E-state index in [1.807, 2.05) is 20.8 Å². The summed E-state index contributed by atoms with van der Waals surface area (Å²) >= 11 is 14.1. The van der Waals surface area contributed by atoms with Crippen LogP contribution in [0, 0.1) is 0 Å². The van der Waals surface area contributed by atoms with Crippen molar-refractivity contribution in [2.45, 2.75) is 20.8 Å². The van der Waals surface area contributed by atoms with E-state index < -0.39 is 0 Å². The number of halogens is 3. The SMILES string of the molecule is CCOCl.CCOCl.CCOCl.[Al].[NaH]. The van der Waals surface area contributed by atoms with Crippen molar-refractivity contribution in [3.8, 4) is 0 Å². The quantitative estimate of drug-likeness (QED) is 0.748. The van der Waals surface area contributed by atoms with Crippen LogP contribution >= 0.6 is 35.6 Å². The van der Waals surface area contributed by atoms with Gasteiger partial charge in [-0.05, 0) is 20.8 Å². The van der Waals surface area contributed by atoms with Crippen LogP contribution in [0.2, 0.25) is 0 Å². The molecule has 3 radical (unpaired) electrons. The molecular weight excluding hydrogens is 276 g/mol. The Labute approximate surface area is 135 Å². The standard InChI is InChI=1S/3C2H5ClO.Al.Na.H/c3*1-2-4-3;;;/h3*2H2,1H3;;;. The second-order valence-corrected chi connectivity index (χ2v) is 1.85. The zero-order valence-electron chi connectivity index (χ0n) is 8.06. The summed E-state index contributed by atoms with van der Waals surface area (Å²) in [6.45, 7) is 7.23. The minimum atomic E-state index is 0. The van der Waals surface area contributed by atoms with Gasteiger partial charge in [0.2, 0.25) is 0 Å². The van der Waals surface area contributed by atoms with Crippen LogP contribution in [-0.4, -0.2) is 66.7 Å². The van der Waals surface area contributed by atoms with Crippen LogP contribution in [0.4, 0.5) is 0 Å². The van der Waals surface area contributed by atoms with Crippen LogP contribution < -0.4 is 0 Å². The fourth-order valence-corrected chi connectivity index (χ4v) is 0. The fourth-order valence-electron chi connectivity index (χ4n) is 0. The molecule has 0 saturated heterocycles. The maximum absolute atomic E-state index is 4.69. The van der Waals surface area contributed by atoms with Gasteiger partial charge in [-0.25, -0.2) is 0 Å². The van der Waals surface area contributed by atoms with Gasteiger partial charge in [-0.2, -0.15) is 0 Å². The molecule has 0 aromatic heterocycles. The molecule has 0 aliphatic carbocycles. The summed E-state index contributed by atoms with van der Waals surface area (Å²) in [6.07, 6.45) is 0. The molecule has 0 N–H and O–H groups in total. The first-order chi connectivity index (χ1) is 5.74. The zero-order valence-corrected chi connectivity index (χ0v) is 11.5. The Hall–Kier alpha value is 2.28. The third-order valence-corrected chi connectivity index (χ3v) is 0.982. The van der Waals surface area contributed by atoms with Gasteiger partial charge in [0, 0.05) is 17.4 Å². The molecule has 0 aromatic carbocycles. The molecule has 0 heterocycles. The van der Waals surface area contributed by atoms with Crippen molar-refractivity contribution in [3.63, 3.8) is 0 Å². The fraction of sp³-hybridized carbons (Fsp3) is 1.00. The van der Waals surface area contributed by atoms with E-state index >= 15 is 0 Å². The molecule has 0 rings (SSSR count). The maximum atomic E-state index is 4.69. The summed E-state index contributed by atoms with van der Waals surface area (Å²) in [4.78, 5) is 0. The van der Waals surface area contributed by atoms with Crippen LogP contribution in [0.25, 0.3) is 0 Å². The number of hydrogen-bond acceptors (Lipinski definition) is 3. The van der Waals surface area contributed by atoms with Crippen LogP contribution in [0.3, 0.4) is 0 Å². The minimum absolute atomic E-state index is 0. The van der Waals surface area contributed by atoms with Gasteiger partial charge in [0.1, 0.15) is 0 Å². The molecule has 3 nitrogen and oxygen atoms in total. The first-order valence-corrected chi connectivity index (χ1v) is 4.38. The molecule has 0 unspecified atom stereocenters. The first-order valence-electron chi connectivity index (χ1n) is 3.45. The number of rotatable bonds is 3. The van der Waals surface area contributed by atoms with Gasteiger partial charge < -0.3 is 0 Å². The molecule has 14 heavy (non-hydrogen) atoms. The van der Waals surface area contributed by atoms with Crippen LogP contribution in [0.15, 0.2) is 0 Å². The molecule has 0 aromatic rings. The van der Waals surface area contributed by atoms with Gasteiger partial charge in [0.15, 0.2) is 0 Å². The van der Waals surface area contributed by atoms with Crippen molar-refractivity contribution >= 4 is 82.5 Å². The van der Waals surface area contributed by atoms with Crippen LogP contribution in [0.1, 0.15) is 20.8 Å². The van der Waals surface area contributed by atoms with E-state index in [1.165, 1.54) is 0 Å². The Kier molecular flexibility index (Phi) is 97.0. The van der Waals surface area contributed by atoms with Crippen molar-refractivity contribution in [2.24, 2.45) is 0 Å². The van der Waals surface area contributed by atoms with Crippen LogP contribution in [-0.2, 0) is 12.9 Å². The van der Waals surface area contributed by atoms with Gasteiger partial charge >= 0.3 is 29.6 Å². The third kappa shape index (κ3) is 90.3. The number of hydrogen-bond donors (Lipinski definition) is 0. The van der Waals surface area contributed by atoms with E-state index in [2.05, 4.69) is 48.5 Å². The summed E-state index contributed by atoms with van der Waals surface area (Å²) in [5, 5.41) is 0. The monoisotopic (exact) mass is 291 g/mol. The summed E-state index contributed by atoms with van der Waals surface area (Å²) in [5.41, 5.74) is 0. The molecule has 0 saturated carbocycles. The van der Waals surface area contributed by atoms with Gasteiger partial charge in [-0.15, -0.1) is 0 Å². The van der Waals surface area contributed by atoms with Gasteiger partial charge in [0.05, 0.1) is 55.4 Å². The van der Waals surface area contributed by atoms with E-state index in [0.29, 0.717) is 19.8 Å². The average Bonchev–Trinajstić information content (AvgIpc) is 2.18. The zero-order chi connectivity index (χ0) is 10.2. The molecule has 83 valence electrons. The van der Waals surface area contributed by atoms with Crippen molar-refractivity contribution in [1.29, 1.82) is 0 Å². The summed E-state index contributed by atoms with van der Waals surface area (Å²) in [7, 11) is 0. The Morgan fingerprint density at radius 1 is 0.714 bits per heavy atom. The third-order valence-electron chi connectivity index (χ3n) is 0.327. The van der Waals surface area contributed by atoms with Crippen molar-refractivity contribution in [1.82, 2.24) is 0 Å². The summed E-state index contributed by atoms with van der Waals surface area (Å²) in [6, 6.07) is 0. The average molecular weight is 293 g/mol. The van der Waals surface area contributed by atoms with E-state index in [9.17, 15) is 0 Å². The summed E-state index contributed by atoms with van der Waals surface area (Å²) < 4.78 is 12.0. The summed E-state index contributed by atoms with van der Waals surface area (Å²) in [5.74, 6) is 0. The van der Waals surface area contributed by atoms with Gasteiger partial charge in [-0.3, -0.25) is 12.9 Å². The van der Waals surface area contributed by atoms with Gasteiger partial charge in [-0.1, -0.05) is 0 Å². The molecule has 0 spiro atoms. The van der Waals surface area contributed by atoms with E-state index in [0.717, 1.165) is 0 Å². The van der Waals surface area contributed by atoms with E-state index in [1.54, 1.807) is 0 Å².